The minimum atomic E-state index is -3.39. The molecule has 0 unspecified atom stereocenters. The third kappa shape index (κ3) is 3.56. The fourth-order valence-corrected chi connectivity index (χ4v) is 5.21. The molecule has 0 atom stereocenters. The maximum Gasteiger partial charge on any atom is 0.252 e. The number of nitrogens with zero attached hydrogens (tertiary/aromatic N) is 1. The predicted molar refractivity (Wildman–Crippen MR) is 76.6 cm³/mol. The van der Waals surface area contributed by atoms with Crippen LogP contribution in [0.3, 0.4) is 0 Å². The molecule has 0 aromatic carbocycles. The number of aliphatic hydroxyl groups excluding tert-OH is 1. The van der Waals surface area contributed by atoms with E-state index in [1.165, 1.54) is 34.9 Å². The zero-order chi connectivity index (χ0) is 13.9. The van der Waals surface area contributed by atoms with Crippen LogP contribution < -0.4 is 0 Å². The Balaban J connectivity index is 2.05. The summed E-state index contributed by atoms with van der Waals surface area (Å²) in [6.45, 7) is 0.493. The van der Waals surface area contributed by atoms with Gasteiger partial charge in [0.25, 0.3) is 10.0 Å². The lowest BCUT2D eigenvalue weighted by atomic mass is 9.89. The molecule has 0 radical (unpaired) electrons. The van der Waals surface area contributed by atoms with E-state index < -0.39 is 10.0 Å². The van der Waals surface area contributed by atoms with Gasteiger partial charge in [-0.05, 0) is 35.8 Å². The van der Waals surface area contributed by atoms with Gasteiger partial charge in [0.05, 0.1) is 6.61 Å². The quantitative estimate of drug-likeness (QED) is 0.909. The van der Waals surface area contributed by atoms with Crippen LogP contribution in [0.4, 0.5) is 0 Å². The Morgan fingerprint density at radius 3 is 2.63 bits per heavy atom. The van der Waals surface area contributed by atoms with E-state index in [9.17, 15) is 8.42 Å². The summed E-state index contributed by atoms with van der Waals surface area (Å²) in [6.07, 6.45) is 5.97. The van der Waals surface area contributed by atoms with Crippen molar-refractivity contribution in [3.8, 4) is 0 Å². The maximum atomic E-state index is 12.4. The summed E-state index contributed by atoms with van der Waals surface area (Å²) in [4.78, 5) is 0. The van der Waals surface area contributed by atoms with Crippen molar-refractivity contribution in [3.05, 3.63) is 17.0 Å². The van der Waals surface area contributed by atoms with Crippen LogP contribution in [0.15, 0.2) is 15.7 Å². The van der Waals surface area contributed by atoms with Crippen LogP contribution >= 0.6 is 11.3 Å². The van der Waals surface area contributed by atoms with Crippen molar-refractivity contribution in [2.45, 2.75) is 42.9 Å². The van der Waals surface area contributed by atoms with Crippen molar-refractivity contribution < 1.29 is 13.5 Å². The molecule has 1 aliphatic rings. The molecule has 2 rings (SSSR count). The second-order valence-electron chi connectivity index (χ2n) is 5.22. The molecular formula is C13H21NO3S2. The Morgan fingerprint density at radius 1 is 1.37 bits per heavy atom. The summed E-state index contributed by atoms with van der Waals surface area (Å²) < 4.78 is 26.6. The first kappa shape index (κ1) is 15.0. The SMILES string of the molecule is CN(CC1CCCCC1)S(=O)(=O)c1cc(CO)cs1. The van der Waals surface area contributed by atoms with E-state index in [4.69, 9.17) is 5.11 Å². The molecule has 4 nitrogen and oxygen atoms in total. The number of thiophene rings is 1. The molecule has 0 amide bonds. The minimum absolute atomic E-state index is 0.113. The van der Waals surface area contributed by atoms with Gasteiger partial charge in [-0.2, -0.15) is 4.31 Å². The largest absolute Gasteiger partial charge is 0.392 e. The average molecular weight is 303 g/mol. The fourth-order valence-electron chi connectivity index (χ4n) is 2.56. The van der Waals surface area contributed by atoms with E-state index in [0.29, 0.717) is 22.2 Å². The predicted octanol–water partition coefficient (Wildman–Crippen LogP) is 2.44. The first-order valence-corrected chi connectivity index (χ1v) is 9.00. The van der Waals surface area contributed by atoms with Gasteiger partial charge in [-0.1, -0.05) is 19.3 Å². The molecular weight excluding hydrogens is 282 g/mol. The smallest absolute Gasteiger partial charge is 0.252 e. The summed E-state index contributed by atoms with van der Waals surface area (Å²) in [6, 6.07) is 1.57. The zero-order valence-corrected chi connectivity index (χ0v) is 12.8. The fraction of sp³-hybridized carbons (Fsp3) is 0.692. The first-order valence-electron chi connectivity index (χ1n) is 6.68. The Labute approximate surface area is 119 Å². The average Bonchev–Trinajstić information content (AvgIpc) is 2.89. The Morgan fingerprint density at radius 2 is 2.05 bits per heavy atom. The van der Waals surface area contributed by atoms with Crippen LogP contribution in [0, 0.1) is 5.92 Å². The zero-order valence-electron chi connectivity index (χ0n) is 11.2. The normalized spacial score (nSPS) is 18.1. The van der Waals surface area contributed by atoms with Gasteiger partial charge in [0.1, 0.15) is 4.21 Å². The van der Waals surface area contributed by atoms with Crippen molar-refractivity contribution >= 4 is 21.4 Å². The number of rotatable bonds is 5. The second kappa shape index (κ2) is 6.35. The van der Waals surface area contributed by atoms with Crippen LogP contribution in [0.5, 0.6) is 0 Å². The highest BCUT2D eigenvalue weighted by Crippen LogP contribution is 2.28. The number of sulfonamides is 1. The topological polar surface area (TPSA) is 57.6 Å². The summed E-state index contributed by atoms with van der Waals surface area (Å²) >= 11 is 1.18. The molecule has 6 heteroatoms. The van der Waals surface area contributed by atoms with E-state index in [-0.39, 0.29) is 6.61 Å². The standard InChI is InChI=1S/C13H21NO3S2/c1-14(8-11-5-3-2-4-6-11)19(16,17)13-7-12(9-15)10-18-13/h7,10-11,15H,2-6,8-9H2,1H3. The van der Waals surface area contributed by atoms with Crippen LogP contribution in [-0.2, 0) is 16.6 Å². The molecule has 108 valence electrons. The Bertz CT molecular complexity index is 504. The summed E-state index contributed by atoms with van der Waals surface area (Å²) in [5.41, 5.74) is 0.662. The molecule has 0 bridgehead atoms. The summed E-state index contributed by atoms with van der Waals surface area (Å²) in [7, 11) is -1.73. The lowest BCUT2D eigenvalue weighted by molar-refractivity contribution is 0.282. The van der Waals surface area contributed by atoms with Gasteiger partial charge < -0.3 is 5.11 Å². The Hall–Kier alpha value is -0.430. The van der Waals surface area contributed by atoms with Crippen molar-refractivity contribution in [1.29, 1.82) is 0 Å². The molecule has 1 N–H and O–H groups in total. The molecule has 19 heavy (non-hydrogen) atoms. The van der Waals surface area contributed by atoms with Gasteiger partial charge in [0, 0.05) is 13.6 Å². The van der Waals surface area contributed by atoms with Crippen LogP contribution in [0.25, 0.3) is 0 Å². The first-order chi connectivity index (χ1) is 9.04. The summed E-state index contributed by atoms with van der Waals surface area (Å²) in [5, 5.41) is 10.7. The van der Waals surface area contributed by atoms with Crippen LogP contribution in [0.1, 0.15) is 37.7 Å². The number of hydrogen-bond donors (Lipinski definition) is 1. The minimum Gasteiger partial charge on any atom is -0.392 e. The molecule has 1 aromatic heterocycles. The van der Waals surface area contributed by atoms with Crippen molar-refractivity contribution in [2.75, 3.05) is 13.6 Å². The van der Waals surface area contributed by atoms with E-state index in [1.807, 2.05) is 0 Å². The van der Waals surface area contributed by atoms with E-state index in [0.717, 1.165) is 12.8 Å². The second-order valence-corrected chi connectivity index (χ2v) is 8.40. The van der Waals surface area contributed by atoms with E-state index >= 15 is 0 Å². The van der Waals surface area contributed by atoms with Gasteiger partial charge in [0.15, 0.2) is 0 Å². The number of aliphatic hydroxyl groups is 1. The molecule has 1 fully saturated rings. The van der Waals surface area contributed by atoms with Crippen LogP contribution in [0.2, 0.25) is 0 Å². The highest BCUT2D eigenvalue weighted by atomic mass is 32.2. The van der Waals surface area contributed by atoms with Gasteiger partial charge in [-0.3, -0.25) is 0 Å². The lowest BCUT2D eigenvalue weighted by Gasteiger charge is -2.26. The van der Waals surface area contributed by atoms with Gasteiger partial charge in [0.2, 0.25) is 0 Å². The molecule has 0 spiro atoms. The third-order valence-electron chi connectivity index (χ3n) is 3.72. The van der Waals surface area contributed by atoms with Gasteiger partial charge >= 0.3 is 0 Å². The lowest BCUT2D eigenvalue weighted by Crippen LogP contribution is -2.32. The molecule has 0 saturated heterocycles. The van der Waals surface area contributed by atoms with E-state index in [2.05, 4.69) is 0 Å². The van der Waals surface area contributed by atoms with E-state index in [1.54, 1.807) is 18.5 Å². The molecule has 1 heterocycles. The number of hydrogen-bond acceptors (Lipinski definition) is 4. The highest BCUT2D eigenvalue weighted by molar-refractivity contribution is 7.91. The monoisotopic (exact) mass is 303 g/mol. The van der Waals surface area contributed by atoms with Crippen LogP contribution in [-0.4, -0.2) is 31.4 Å². The van der Waals surface area contributed by atoms with Gasteiger partial charge in [-0.25, -0.2) is 8.42 Å². The third-order valence-corrected chi connectivity index (χ3v) is 7.00. The molecule has 1 aromatic rings. The van der Waals surface area contributed by atoms with Crippen molar-refractivity contribution in [3.63, 3.8) is 0 Å². The molecule has 1 saturated carbocycles. The highest BCUT2D eigenvalue weighted by Gasteiger charge is 2.26. The Kier molecular flexibility index (Phi) is 5.00. The molecule has 1 aliphatic carbocycles. The maximum absolute atomic E-state index is 12.4. The molecule has 0 aliphatic heterocycles. The van der Waals surface area contributed by atoms with Crippen molar-refractivity contribution in [1.82, 2.24) is 4.31 Å². The summed E-state index contributed by atoms with van der Waals surface area (Å²) in [5.74, 6) is 0.491. The van der Waals surface area contributed by atoms with Gasteiger partial charge in [-0.15, -0.1) is 11.3 Å². The van der Waals surface area contributed by atoms with Crippen molar-refractivity contribution in [2.24, 2.45) is 5.92 Å².